The topological polar surface area (TPSA) is 109 Å². The predicted molar refractivity (Wildman–Crippen MR) is 121 cm³/mol. The molecular formula is C24H28FN5O2. The molecule has 32 heavy (non-hydrogen) atoms. The van der Waals surface area contributed by atoms with Crippen molar-refractivity contribution >= 4 is 23.2 Å². The second-order valence-electron chi connectivity index (χ2n) is 8.44. The summed E-state index contributed by atoms with van der Waals surface area (Å²) in [5, 5.41) is 8.97. The minimum atomic E-state index is -0.693. The van der Waals surface area contributed by atoms with E-state index in [9.17, 15) is 14.0 Å². The Labute approximate surface area is 186 Å². The molecule has 0 spiro atoms. The van der Waals surface area contributed by atoms with Gasteiger partial charge in [0.25, 0.3) is 0 Å². The van der Waals surface area contributed by atoms with Gasteiger partial charge in [-0.2, -0.15) is 0 Å². The van der Waals surface area contributed by atoms with Crippen molar-refractivity contribution in [1.82, 2.24) is 20.9 Å². The number of halogens is 1. The molecule has 7 nitrogen and oxygen atoms in total. The molecule has 0 saturated heterocycles. The fraction of sp³-hybridized carbons (Fsp3) is 0.375. The highest BCUT2D eigenvalue weighted by Crippen LogP contribution is 2.30. The summed E-state index contributed by atoms with van der Waals surface area (Å²) in [6.45, 7) is 4.14. The molecule has 2 amide bonds. The lowest BCUT2D eigenvalue weighted by atomic mass is 9.93. The summed E-state index contributed by atoms with van der Waals surface area (Å²) < 4.78 is 13.4. The molecule has 0 fully saturated rings. The number of aryl methyl sites for hydroxylation is 2. The van der Waals surface area contributed by atoms with Crippen LogP contribution in [0.4, 0.5) is 10.2 Å². The van der Waals surface area contributed by atoms with Crippen molar-refractivity contribution in [2.45, 2.75) is 51.2 Å². The highest BCUT2D eigenvalue weighted by Gasteiger charge is 2.29. The number of rotatable bonds is 5. The third-order valence-electron chi connectivity index (χ3n) is 6.09. The number of aromatic nitrogens is 1. The Morgan fingerprint density at radius 3 is 2.84 bits per heavy atom. The summed E-state index contributed by atoms with van der Waals surface area (Å²) in [5.41, 5.74) is 10.4. The molecule has 0 saturated carbocycles. The second-order valence-corrected chi connectivity index (χ2v) is 8.44. The molecular weight excluding hydrogens is 409 g/mol. The van der Waals surface area contributed by atoms with Crippen molar-refractivity contribution in [3.8, 4) is 0 Å². The van der Waals surface area contributed by atoms with E-state index >= 15 is 0 Å². The van der Waals surface area contributed by atoms with Gasteiger partial charge >= 0.3 is 0 Å². The smallest absolute Gasteiger partial charge is 0.242 e. The zero-order chi connectivity index (χ0) is 22.8. The van der Waals surface area contributed by atoms with Crippen LogP contribution in [0.3, 0.4) is 0 Å². The van der Waals surface area contributed by atoms with E-state index in [1.807, 2.05) is 19.1 Å². The van der Waals surface area contributed by atoms with Crippen LogP contribution in [-0.2, 0) is 16.0 Å². The van der Waals surface area contributed by atoms with Gasteiger partial charge < -0.3 is 21.7 Å². The molecule has 1 aliphatic heterocycles. The first-order valence-corrected chi connectivity index (χ1v) is 10.9. The number of benzene rings is 1. The predicted octanol–water partition coefficient (Wildman–Crippen LogP) is 2.17. The molecule has 3 atom stereocenters. The molecule has 2 heterocycles. The molecule has 5 N–H and O–H groups in total. The third-order valence-corrected chi connectivity index (χ3v) is 6.09. The molecule has 1 aliphatic carbocycles. The molecule has 0 bridgehead atoms. The minimum absolute atomic E-state index is 0.134. The van der Waals surface area contributed by atoms with Gasteiger partial charge in [0.15, 0.2) is 0 Å². The summed E-state index contributed by atoms with van der Waals surface area (Å²) in [4.78, 5) is 29.9. The third kappa shape index (κ3) is 4.65. The number of fused-ring (bicyclic) bond motifs is 1. The lowest BCUT2D eigenvalue weighted by Gasteiger charge is -2.25. The number of carbonyl (C=O) groups is 2. The lowest BCUT2D eigenvalue weighted by molar-refractivity contribution is -0.129. The molecule has 2 aliphatic rings. The van der Waals surface area contributed by atoms with E-state index in [-0.39, 0.29) is 23.7 Å². The maximum Gasteiger partial charge on any atom is 0.242 e. The standard InChI is InChI=1S/C24H28FN5O2/c1-13-11-16(25)3-4-17(13)15-9-10-27-21(12-15)24(32)28-14(2)23(31)30-20-7-6-19-18(20)5-8-22(26)29-19/h3-5,8,11-12,14,20-21,27H,6-7,9-10H2,1-2H3,(H2,26,29)(H,28,32)(H,30,31)/t14-,20+,21-/m0/s1. The summed E-state index contributed by atoms with van der Waals surface area (Å²) in [7, 11) is 0. The highest BCUT2D eigenvalue weighted by atomic mass is 19.1. The van der Waals surface area contributed by atoms with Gasteiger partial charge in [0, 0.05) is 12.2 Å². The zero-order valence-electron chi connectivity index (χ0n) is 18.2. The van der Waals surface area contributed by atoms with Crippen molar-refractivity contribution in [3.05, 3.63) is 64.6 Å². The fourth-order valence-corrected chi connectivity index (χ4v) is 4.38. The van der Waals surface area contributed by atoms with Crippen molar-refractivity contribution < 1.29 is 14.0 Å². The Balaban J connectivity index is 1.38. The SMILES string of the molecule is Cc1cc(F)ccc1C1=C[C@@H](C(=O)N[C@@H](C)C(=O)N[C@@H]2CCc3nc(N)ccc32)NCC1. The quantitative estimate of drug-likeness (QED) is 0.573. The monoisotopic (exact) mass is 437 g/mol. The highest BCUT2D eigenvalue weighted by molar-refractivity contribution is 5.92. The van der Waals surface area contributed by atoms with E-state index in [1.54, 1.807) is 19.1 Å². The largest absolute Gasteiger partial charge is 0.384 e. The van der Waals surface area contributed by atoms with Crippen molar-refractivity contribution in [2.24, 2.45) is 0 Å². The molecule has 0 radical (unpaired) electrons. The van der Waals surface area contributed by atoms with Crippen LogP contribution in [0.1, 0.15) is 48.2 Å². The summed E-state index contributed by atoms with van der Waals surface area (Å²) >= 11 is 0. The van der Waals surface area contributed by atoms with Crippen molar-refractivity contribution in [3.63, 3.8) is 0 Å². The molecule has 8 heteroatoms. The maximum absolute atomic E-state index is 13.4. The average molecular weight is 438 g/mol. The number of hydrogen-bond acceptors (Lipinski definition) is 5. The first-order valence-electron chi connectivity index (χ1n) is 10.9. The van der Waals surface area contributed by atoms with E-state index in [1.165, 1.54) is 12.1 Å². The van der Waals surface area contributed by atoms with Crippen LogP contribution >= 0.6 is 0 Å². The fourth-order valence-electron chi connectivity index (χ4n) is 4.38. The normalized spacial score (nSPS) is 20.8. The number of nitrogens with two attached hydrogens (primary N) is 1. The van der Waals surface area contributed by atoms with E-state index in [4.69, 9.17) is 5.73 Å². The van der Waals surface area contributed by atoms with Crippen molar-refractivity contribution in [2.75, 3.05) is 12.3 Å². The van der Waals surface area contributed by atoms with Gasteiger partial charge in [-0.25, -0.2) is 9.37 Å². The van der Waals surface area contributed by atoms with Gasteiger partial charge in [-0.1, -0.05) is 18.2 Å². The number of nitrogen functional groups attached to an aromatic ring is 1. The summed E-state index contributed by atoms with van der Waals surface area (Å²) in [6, 6.07) is 6.91. The van der Waals surface area contributed by atoms with E-state index in [2.05, 4.69) is 20.9 Å². The Morgan fingerprint density at radius 1 is 1.25 bits per heavy atom. The molecule has 4 rings (SSSR count). The minimum Gasteiger partial charge on any atom is -0.384 e. The van der Waals surface area contributed by atoms with Crippen LogP contribution in [0, 0.1) is 12.7 Å². The Morgan fingerprint density at radius 2 is 2.06 bits per heavy atom. The molecule has 0 unspecified atom stereocenters. The first kappa shape index (κ1) is 22.0. The Kier molecular flexibility index (Phi) is 6.23. The zero-order valence-corrected chi connectivity index (χ0v) is 18.2. The molecule has 168 valence electrons. The number of hydrogen-bond donors (Lipinski definition) is 4. The van der Waals surface area contributed by atoms with Gasteiger partial charge in [-0.15, -0.1) is 0 Å². The van der Waals surface area contributed by atoms with Crippen molar-refractivity contribution in [1.29, 1.82) is 0 Å². The Bertz CT molecular complexity index is 1080. The number of nitrogens with one attached hydrogen (secondary N) is 3. The van der Waals surface area contributed by atoms with Gasteiger partial charge in [0.2, 0.25) is 11.8 Å². The lowest BCUT2D eigenvalue weighted by Crippen LogP contribution is -2.52. The van der Waals surface area contributed by atoms with Crippen LogP contribution in [0.15, 0.2) is 36.4 Å². The van der Waals surface area contributed by atoms with Crippen LogP contribution in [0.5, 0.6) is 0 Å². The number of amides is 2. The van der Waals surface area contributed by atoms with Crippen LogP contribution in [-0.4, -0.2) is 35.4 Å². The van der Waals surface area contributed by atoms with Crippen LogP contribution < -0.4 is 21.7 Å². The number of anilines is 1. The molecule has 1 aromatic heterocycles. The average Bonchev–Trinajstić information content (AvgIpc) is 3.15. The van der Waals surface area contributed by atoms with Gasteiger partial charge in [0.1, 0.15) is 23.7 Å². The second kappa shape index (κ2) is 9.08. The first-order chi connectivity index (χ1) is 15.3. The van der Waals surface area contributed by atoms with Gasteiger partial charge in [-0.05, 0) is 73.6 Å². The summed E-state index contributed by atoms with van der Waals surface area (Å²) in [5.74, 6) is -0.327. The summed E-state index contributed by atoms with van der Waals surface area (Å²) in [6.07, 6.45) is 4.11. The number of pyridine rings is 1. The van der Waals surface area contributed by atoms with Crippen LogP contribution in [0.2, 0.25) is 0 Å². The van der Waals surface area contributed by atoms with E-state index in [0.717, 1.165) is 47.2 Å². The number of carbonyl (C=O) groups excluding carboxylic acids is 2. The molecule has 1 aromatic carbocycles. The van der Waals surface area contributed by atoms with E-state index in [0.29, 0.717) is 12.4 Å². The van der Waals surface area contributed by atoms with Crippen LogP contribution in [0.25, 0.3) is 5.57 Å². The van der Waals surface area contributed by atoms with Gasteiger partial charge in [-0.3, -0.25) is 9.59 Å². The Hall–Kier alpha value is -3.26. The molecule has 2 aromatic rings. The maximum atomic E-state index is 13.4. The number of nitrogens with zero attached hydrogens (tertiary/aromatic N) is 1. The van der Waals surface area contributed by atoms with E-state index < -0.39 is 12.1 Å². The van der Waals surface area contributed by atoms with Gasteiger partial charge in [0.05, 0.1) is 6.04 Å².